The van der Waals surface area contributed by atoms with Crippen molar-refractivity contribution in [2.75, 3.05) is 19.0 Å². The molecule has 27 heavy (non-hydrogen) atoms. The molecule has 0 atom stereocenters. The predicted octanol–water partition coefficient (Wildman–Crippen LogP) is 4.75. The Morgan fingerprint density at radius 1 is 1.00 bits per heavy atom. The summed E-state index contributed by atoms with van der Waals surface area (Å²) in [7, 11) is 1.52. The number of fused-ring (bicyclic) bond motifs is 3. The van der Waals surface area contributed by atoms with Crippen molar-refractivity contribution in [3.05, 3.63) is 66.5 Å². The third-order valence-electron chi connectivity index (χ3n) is 4.17. The van der Waals surface area contributed by atoms with E-state index in [4.69, 9.17) is 13.9 Å². The maximum atomic E-state index is 13.6. The number of anilines is 1. The number of carbonyl (C=O) groups excluding carboxylic acids is 1. The molecular weight excluding hydrogens is 349 g/mol. The van der Waals surface area contributed by atoms with Gasteiger partial charge in [-0.2, -0.15) is 0 Å². The van der Waals surface area contributed by atoms with Gasteiger partial charge in [0.05, 0.1) is 12.8 Å². The molecule has 1 aromatic heterocycles. The Bertz CT molecular complexity index is 1140. The average Bonchev–Trinajstić information content (AvgIpc) is 3.04. The maximum absolute atomic E-state index is 13.6. The summed E-state index contributed by atoms with van der Waals surface area (Å²) in [6.45, 7) is -0.331. The zero-order chi connectivity index (χ0) is 18.8. The number of furan rings is 1. The number of hydrogen-bond donors (Lipinski definition) is 1. The van der Waals surface area contributed by atoms with Crippen LogP contribution in [0.5, 0.6) is 11.5 Å². The number of halogens is 1. The van der Waals surface area contributed by atoms with Gasteiger partial charge in [-0.05, 0) is 24.3 Å². The zero-order valence-electron chi connectivity index (χ0n) is 14.5. The second-order valence-electron chi connectivity index (χ2n) is 5.91. The van der Waals surface area contributed by atoms with Crippen molar-refractivity contribution in [3.63, 3.8) is 0 Å². The normalized spacial score (nSPS) is 10.9. The fourth-order valence-electron chi connectivity index (χ4n) is 2.91. The Morgan fingerprint density at radius 3 is 2.59 bits per heavy atom. The molecule has 6 heteroatoms. The van der Waals surface area contributed by atoms with E-state index in [-0.39, 0.29) is 12.4 Å². The van der Waals surface area contributed by atoms with Crippen LogP contribution in [0.25, 0.3) is 21.9 Å². The predicted molar refractivity (Wildman–Crippen MR) is 101 cm³/mol. The Hall–Kier alpha value is -3.54. The first-order chi connectivity index (χ1) is 13.2. The SMILES string of the molecule is COc1cc2c(cc1NC(=O)COc1ccccc1F)oc1ccccc12. The first-order valence-electron chi connectivity index (χ1n) is 8.32. The number of amides is 1. The number of hydrogen-bond acceptors (Lipinski definition) is 4. The highest BCUT2D eigenvalue weighted by atomic mass is 19.1. The summed E-state index contributed by atoms with van der Waals surface area (Å²) >= 11 is 0. The van der Waals surface area contributed by atoms with E-state index in [2.05, 4.69) is 5.32 Å². The number of para-hydroxylation sites is 2. The van der Waals surface area contributed by atoms with Crippen molar-refractivity contribution in [1.82, 2.24) is 0 Å². The quantitative estimate of drug-likeness (QED) is 0.554. The average molecular weight is 365 g/mol. The molecule has 4 rings (SSSR count). The molecule has 4 aromatic rings. The van der Waals surface area contributed by atoms with Gasteiger partial charge in [0.25, 0.3) is 5.91 Å². The number of benzene rings is 3. The molecule has 1 heterocycles. The van der Waals surface area contributed by atoms with Gasteiger partial charge in [0.1, 0.15) is 16.9 Å². The number of ether oxygens (including phenoxy) is 2. The van der Waals surface area contributed by atoms with Crippen LogP contribution in [0, 0.1) is 5.82 Å². The molecule has 0 aliphatic rings. The van der Waals surface area contributed by atoms with E-state index >= 15 is 0 Å². The van der Waals surface area contributed by atoms with Crippen molar-refractivity contribution in [1.29, 1.82) is 0 Å². The van der Waals surface area contributed by atoms with Crippen LogP contribution in [0.15, 0.2) is 65.1 Å². The molecule has 1 N–H and O–H groups in total. The second-order valence-corrected chi connectivity index (χ2v) is 5.91. The first kappa shape index (κ1) is 16.9. The summed E-state index contributed by atoms with van der Waals surface area (Å²) in [6.07, 6.45) is 0. The third-order valence-corrected chi connectivity index (χ3v) is 4.17. The summed E-state index contributed by atoms with van der Waals surface area (Å²) in [5.41, 5.74) is 1.83. The molecule has 0 spiro atoms. The maximum Gasteiger partial charge on any atom is 0.262 e. The molecule has 5 nitrogen and oxygen atoms in total. The highest BCUT2D eigenvalue weighted by molar-refractivity contribution is 6.07. The minimum Gasteiger partial charge on any atom is -0.495 e. The molecular formula is C21H16FNO4. The van der Waals surface area contributed by atoms with Crippen molar-refractivity contribution < 1.29 is 23.1 Å². The molecule has 1 amide bonds. The molecule has 136 valence electrons. The number of carbonyl (C=O) groups is 1. The van der Waals surface area contributed by atoms with Crippen LogP contribution in [0.4, 0.5) is 10.1 Å². The molecule has 0 bridgehead atoms. The van der Waals surface area contributed by atoms with Crippen LogP contribution < -0.4 is 14.8 Å². The van der Waals surface area contributed by atoms with Crippen LogP contribution in [-0.2, 0) is 4.79 Å². The third kappa shape index (κ3) is 3.29. The molecule has 0 fully saturated rings. The lowest BCUT2D eigenvalue weighted by atomic mass is 10.1. The summed E-state index contributed by atoms with van der Waals surface area (Å²) in [5, 5.41) is 4.57. The summed E-state index contributed by atoms with van der Waals surface area (Å²) in [5.74, 6) is -0.445. The first-order valence-corrected chi connectivity index (χ1v) is 8.32. The fourth-order valence-corrected chi connectivity index (χ4v) is 2.91. The minimum absolute atomic E-state index is 0.0207. The van der Waals surface area contributed by atoms with E-state index in [0.29, 0.717) is 17.0 Å². The molecule has 0 aliphatic carbocycles. The van der Waals surface area contributed by atoms with Crippen molar-refractivity contribution >= 4 is 33.5 Å². The van der Waals surface area contributed by atoms with E-state index in [9.17, 15) is 9.18 Å². The largest absolute Gasteiger partial charge is 0.495 e. The number of nitrogens with one attached hydrogen (secondary N) is 1. The second kappa shape index (κ2) is 6.99. The molecule has 0 saturated heterocycles. The van der Waals surface area contributed by atoms with Crippen LogP contribution in [0.2, 0.25) is 0 Å². The summed E-state index contributed by atoms with van der Waals surface area (Å²) < 4.78 is 30.0. The lowest BCUT2D eigenvalue weighted by molar-refractivity contribution is -0.118. The van der Waals surface area contributed by atoms with Gasteiger partial charge in [-0.3, -0.25) is 4.79 Å². The molecule has 0 radical (unpaired) electrons. The van der Waals surface area contributed by atoms with Crippen LogP contribution >= 0.6 is 0 Å². The fraction of sp³-hybridized carbons (Fsp3) is 0.0952. The Morgan fingerprint density at radius 2 is 1.78 bits per heavy atom. The van der Waals surface area contributed by atoms with Gasteiger partial charge in [0.2, 0.25) is 0 Å². The lowest BCUT2D eigenvalue weighted by Crippen LogP contribution is -2.20. The smallest absolute Gasteiger partial charge is 0.262 e. The summed E-state index contributed by atoms with van der Waals surface area (Å²) in [6, 6.07) is 17.1. The topological polar surface area (TPSA) is 60.7 Å². The molecule has 0 saturated carbocycles. The van der Waals surface area contributed by atoms with E-state index in [1.165, 1.54) is 19.2 Å². The highest BCUT2D eigenvalue weighted by Crippen LogP contribution is 2.36. The van der Waals surface area contributed by atoms with E-state index in [0.717, 1.165) is 16.4 Å². The van der Waals surface area contributed by atoms with Gasteiger partial charge in [-0.1, -0.05) is 30.3 Å². The lowest BCUT2D eigenvalue weighted by Gasteiger charge is -2.11. The van der Waals surface area contributed by atoms with Gasteiger partial charge >= 0.3 is 0 Å². The van der Waals surface area contributed by atoms with E-state index in [1.54, 1.807) is 18.2 Å². The zero-order valence-corrected chi connectivity index (χ0v) is 14.5. The minimum atomic E-state index is -0.522. The Kier molecular flexibility index (Phi) is 4.38. The van der Waals surface area contributed by atoms with Crippen LogP contribution in [-0.4, -0.2) is 19.6 Å². The monoisotopic (exact) mass is 365 g/mol. The Labute approximate surface area is 154 Å². The summed E-state index contributed by atoms with van der Waals surface area (Å²) in [4.78, 5) is 12.2. The van der Waals surface area contributed by atoms with Crippen LogP contribution in [0.1, 0.15) is 0 Å². The van der Waals surface area contributed by atoms with Gasteiger partial charge in [0.15, 0.2) is 18.2 Å². The van der Waals surface area contributed by atoms with Crippen LogP contribution in [0.3, 0.4) is 0 Å². The van der Waals surface area contributed by atoms with Crippen molar-refractivity contribution in [2.24, 2.45) is 0 Å². The van der Waals surface area contributed by atoms with Gasteiger partial charge in [0, 0.05) is 16.8 Å². The number of methoxy groups -OCH3 is 1. The molecule has 0 unspecified atom stereocenters. The van der Waals surface area contributed by atoms with Crippen molar-refractivity contribution in [2.45, 2.75) is 0 Å². The Balaban J connectivity index is 1.58. The molecule has 3 aromatic carbocycles. The molecule has 0 aliphatic heterocycles. The number of rotatable bonds is 5. The highest BCUT2D eigenvalue weighted by Gasteiger charge is 2.14. The van der Waals surface area contributed by atoms with Gasteiger partial charge < -0.3 is 19.2 Å². The van der Waals surface area contributed by atoms with Gasteiger partial charge in [-0.25, -0.2) is 4.39 Å². The van der Waals surface area contributed by atoms with Gasteiger partial charge in [-0.15, -0.1) is 0 Å². The van der Waals surface area contributed by atoms with E-state index in [1.807, 2.05) is 30.3 Å². The standard InChI is InChI=1S/C21H16FNO4/c1-25-20-10-14-13-6-2-4-8-17(13)27-19(14)11-16(20)23-21(24)12-26-18-9-5-3-7-15(18)22/h2-11H,12H2,1H3,(H,23,24). The van der Waals surface area contributed by atoms with E-state index < -0.39 is 11.7 Å². The van der Waals surface area contributed by atoms with Crippen molar-refractivity contribution in [3.8, 4) is 11.5 Å².